The van der Waals surface area contributed by atoms with E-state index in [-0.39, 0.29) is 4.90 Å². The van der Waals surface area contributed by atoms with Gasteiger partial charge in [-0.25, -0.2) is 8.78 Å². The molecule has 0 heterocycles. The lowest BCUT2D eigenvalue weighted by Crippen LogP contribution is -1.98. The van der Waals surface area contributed by atoms with Crippen LogP contribution in [0.2, 0.25) is 0 Å². The van der Waals surface area contributed by atoms with Crippen molar-refractivity contribution in [3.63, 3.8) is 0 Å². The molecule has 4 heteroatoms. The van der Waals surface area contributed by atoms with Gasteiger partial charge in [0.25, 0.3) is 0 Å². The largest absolute Gasteiger partial charge is 0.326 e. The number of hydrogen-bond acceptors (Lipinski definition) is 2. The lowest BCUT2D eigenvalue weighted by Gasteiger charge is -2.07. The molecule has 94 valence electrons. The summed E-state index contributed by atoms with van der Waals surface area (Å²) in [5, 5.41) is 0. The zero-order chi connectivity index (χ0) is 13.1. The second-order valence-corrected chi connectivity index (χ2v) is 5.08. The summed E-state index contributed by atoms with van der Waals surface area (Å²) in [4.78, 5) is 1.16. The van der Waals surface area contributed by atoms with Crippen LogP contribution in [0.4, 0.5) is 8.78 Å². The van der Waals surface area contributed by atoms with Crippen molar-refractivity contribution >= 4 is 11.8 Å². The Morgan fingerprint density at radius 3 is 2.56 bits per heavy atom. The van der Waals surface area contributed by atoms with E-state index in [1.54, 1.807) is 0 Å². The molecule has 0 bridgehead atoms. The lowest BCUT2D eigenvalue weighted by molar-refractivity contribution is 0.577. The first-order valence-corrected chi connectivity index (χ1v) is 6.34. The SMILES string of the molecule is Cc1cc(Sc2cc(F)ccc2F)ccc1CN. The number of benzene rings is 2. The summed E-state index contributed by atoms with van der Waals surface area (Å²) in [6.45, 7) is 2.43. The van der Waals surface area contributed by atoms with E-state index in [2.05, 4.69) is 0 Å². The van der Waals surface area contributed by atoms with Gasteiger partial charge in [0.15, 0.2) is 0 Å². The molecule has 0 aliphatic rings. The Balaban J connectivity index is 2.28. The molecule has 18 heavy (non-hydrogen) atoms. The molecule has 2 aromatic carbocycles. The number of rotatable bonds is 3. The molecule has 2 aromatic rings. The first-order valence-electron chi connectivity index (χ1n) is 5.52. The van der Waals surface area contributed by atoms with Crippen molar-refractivity contribution in [1.82, 2.24) is 0 Å². The maximum absolute atomic E-state index is 13.5. The van der Waals surface area contributed by atoms with Crippen LogP contribution in [0.5, 0.6) is 0 Å². The minimum absolute atomic E-state index is 0.287. The number of aryl methyl sites for hydroxylation is 1. The molecule has 0 saturated carbocycles. The molecule has 0 radical (unpaired) electrons. The maximum atomic E-state index is 13.5. The summed E-state index contributed by atoms with van der Waals surface area (Å²) in [6.07, 6.45) is 0. The molecule has 0 fully saturated rings. The molecule has 0 amide bonds. The van der Waals surface area contributed by atoms with Crippen molar-refractivity contribution < 1.29 is 8.78 Å². The molecule has 2 rings (SSSR count). The average Bonchev–Trinajstić information content (AvgIpc) is 2.34. The summed E-state index contributed by atoms with van der Waals surface area (Å²) in [6, 6.07) is 9.16. The number of hydrogen-bond donors (Lipinski definition) is 1. The quantitative estimate of drug-likeness (QED) is 0.911. The fraction of sp³-hybridized carbons (Fsp3) is 0.143. The van der Waals surface area contributed by atoms with Crippen LogP contribution in [0, 0.1) is 18.6 Å². The maximum Gasteiger partial charge on any atom is 0.137 e. The zero-order valence-electron chi connectivity index (χ0n) is 9.91. The fourth-order valence-electron chi connectivity index (χ4n) is 1.64. The molecule has 1 nitrogen and oxygen atoms in total. The van der Waals surface area contributed by atoms with Gasteiger partial charge in [0, 0.05) is 11.4 Å². The van der Waals surface area contributed by atoms with E-state index in [4.69, 9.17) is 5.73 Å². The van der Waals surface area contributed by atoms with Gasteiger partial charge in [-0.2, -0.15) is 0 Å². The summed E-state index contributed by atoms with van der Waals surface area (Å²) in [5.74, 6) is -0.851. The normalized spacial score (nSPS) is 10.7. The Morgan fingerprint density at radius 2 is 1.89 bits per heavy atom. The smallest absolute Gasteiger partial charge is 0.137 e. The topological polar surface area (TPSA) is 26.0 Å². The highest BCUT2D eigenvalue weighted by Gasteiger charge is 2.07. The molecular formula is C14H13F2NS. The van der Waals surface area contributed by atoms with Gasteiger partial charge in [-0.3, -0.25) is 0 Å². The molecule has 0 saturated heterocycles. The molecule has 2 N–H and O–H groups in total. The second-order valence-electron chi connectivity index (χ2n) is 3.97. The monoisotopic (exact) mass is 265 g/mol. The van der Waals surface area contributed by atoms with Crippen LogP contribution >= 0.6 is 11.8 Å². The Morgan fingerprint density at radius 1 is 1.11 bits per heavy atom. The first-order chi connectivity index (χ1) is 8.60. The summed E-state index contributed by atoms with van der Waals surface area (Å²) in [5.41, 5.74) is 7.69. The van der Waals surface area contributed by atoms with Crippen molar-refractivity contribution in [1.29, 1.82) is 0 Å². The third kappa shape index (κ3) is 2.89. The third-order valence-corrected chi connectivity index (χ3v) is 3.68. The Hall–Kier alpha value is -1.39. The van der Waals surface area contributed by atoms with Gasteiger partial charge in [0.05, 0.1) is 4.90 Å². The van der Waals surface area contributed by atoms with Crippen molar-refractivity contribution in [2.45, 2.75) is 23.3 Å². The van der Waals surface area contributed by atoms with Crippen LogP contribution in [0.3, 0.4) is 0 Å². The molecule has 0 aliphatic carbocycles. The van der Waals surface area contributed by atoms with Crippen molar-refractivity contribution in [3.8, 4) is 0 Å². The van der Waals surface area contributed by atoms with Gasteiger partial charge >= 0.3 is 0 Å². The standard InChI is InChI=1S/C14H13F2NS/c1-9-6-12(4-2-10(9)8-17)18-14-7-11(15)3-5-13(14)16/h2-7H,8,17H2,1H3. The van der Waals surface area contributed by atoms with Gasteiger partial charge < -0.3 is 5.73 Å². The summed E-state index contributed by atoms with van der Waals surface area (Å²) < 4.78 is 26.5. The van der Waals surface area contributed by atoms with Crippen molar-refractivity contribution in [2.75, 3.05) is 0 Å². The van der Waals surface area contributed by atoms with Gasteiger partial charge in [-0.05, 0) is 48.4 Å². The minimum Gasteiger partial charge on any atom is -0.326 e. The van der Waals surface area contributed by atoms with Crippen molar-refractivity contribution in [3.05, 3.63) is 59.2 Å². The van der Waals surface area contributed by atoms with Crippen LogP contribution in [0.15, 0.2) is 46.2 Å². The van der Waals surface area contributed by atoms with Gasteiger partial charge in [-0.1, -0.05) is 17.8 Å². The lowest BCUT2D eigenvalue weighted by atomic mass is 10.1. The van der Waals surface area contributed by atoms with E-state index >= 15 is 0 Å². The fourth-order valence-corrected chi connectivity index (χ4v) is 2.61. The Labute approximate surface area is 109 Å². The van der Waals surface area contributed by atoms with Crippen LogP contribution in [0.1, 0.15) is 11.1 Å². The molecule has 0 aliphatic heterocycles. The second kappa shape index (κ2) is 5.50. The van der Waals surface area contributed by atoms with Gasteiger partial charge in [0.1, 0.15) is 11.6 Å². The van der Waals surface area contributed by atoms with Gasteiger partial charge in [0.2, 0.25) is 0 Å². The highest BCUT2D eigenvalue weighted by Crippen LogP contribution is 2.31. The first kappa shape index (κ1) is 13.1. The molecule has 0 unspecified atom stereocenters. The zero-order valence-corrected chi connectivity index (χ0v) is 10.7. The van der Waals surface area contributed by atoms with E-state index in [1.165, 1.54) is 17.8 Å². The van der Waals surface area contributed by atoms with E-state index in [1.807, 2.05) is 25.1 Å². The highest BCUT2D eigenvalue weighted by molar-refractivity contribution is 7.99. The van der Waals surface area contributed by atoms with Crippen LogP contribution < -0.4 is 5.73 Å². The third-order valence-electron chi connectivity index (χ3n) is 2.66. The van der Waals surface area contributed by atoms with Crippen LogP contribution in [-0.4, -0.2) is 0 Å². The average molecular weight is 265 g/mol. The summed E-state index contributed by atoms with van der Waals surface area (Å²) in [7, 11) is 0. The molecule has 0 spiro atoms. The predicted octanol–water partition coefficient (Wildman–Crippen LogP) is 3.88. The minimum atomic E-state index is -0.436. The number of halogens is 2. The number of nitrogens with two attached hydrogens (primary N) is 1. The van der Waals surface area contributed by atoms with E-state index in [0.717, 1.165) is 28.2 Å². The predicted molar refractivity (Wildman–Crippen MR) is 69.6 cm³/mol. The Bertz CT molecular complexity index is 570. The molecular weight excluding hydrogens is 252 g/mol. The van der Waals surface area contributed by atoms with E-state index in [0.29, 0.717) is 6.54 Å². The van der Waals surface area contributed by atoms with Crippen LogP contribution in [0.25, 0.3) is 0 Å². The van der Waals surface area contributed by atoms with E-state index < -0.39 is 11.6 Å². The van der Waals surface area contributed by atoms with Gasteiger partial charge in [-0.15, -0.1) is 0 Å². The van der Waals surface area contributed by atoms with Crippen molar-refractivity contribution in [2.24, 2.45) is 5.73 Å². The highest BCUT2D eigenvalue weighted by atomic mass is 32.2. The van der Waals surface area contributed by atoms with E-state index in [9.17, 15) is 8.78 Å². The molecule has 0 aromatic heterocycles. The summed E-state index contributed by atoms with van der Waals surface area (Å²) >= 11 is 1.21. The van der Waals surface area contributed by atoms with Crippen LogP contribution in [-0.2, 0) is 6.54 Å². The molecule has 0 atom stereocenters. The Kier molecular flexibility index (Phi) is 3.99.